The molecule has 1 aliphatic heterocycles. The van der Waals surface area contributed by atoms with Gasteiger partial charge in [-0.3, -0.25) is 0 Å². The summed E-state index contributed by atoms with van der Waals surface area (Å²) in [6.07, 6.45) is -0.441. The first-order valence-electron chi connectivity index (χ1n) is 8.46. The van der Waals surface area contributed by atoms with Gasteiger partial charge in [0.2, 0.25) is 0 Å². The normalized spacial score (nSPS) is 25.3. The zero-order valence-corrected chi connectivity index (χ0v) is 14.9. The number of aliphatic hydroxyl groups excluding tert-OH is 1. The van der Waals surface area contributed by atoms with Gasteiger partial charge in [-0.15, -0.1) is 0 Å². The number of hydrogen-bond acceptors (Lipinski definition) is 2. The van der Waals surface area contributed by atoms with E-state index in [0.717, 1.165) is 5.56 Å². The number of likely N-dealkylation sites (N-methyl/N-ethyl adjacent to an activating group) is 1. The predicted octanol–water partition coefficient (Wildman–Crippen LogP) is 4.54. The van der Waals surface area contributed by atoms with Gasteiger partial charge in [-0.05, 0) is 53.8 Å². The van der Waals surface area contributed by atoms with Crippen molar-refractivity contribution in [1.82, 2.24) is 4.90 Å². The Balaban J connectivity index is 2.28. The lowest BCUT2D eigenvalue weighted by molar-refractivity contribution is 0.0910. The Labute approximate surface area is 138 Å². The van der Waals surface area contributed by atoms with Crippen LogP contribution in [0.5, 0.6) is 0 Å². The van der Waals surface area contributed by atoms with Crippen molar-refractivity contribution in [2.45, 2.75) is 52.2 Å². The van der Waals surface area contributed by atoms with Crippen molar-refractivity contribution < 1.29 is 5.11 Å². The van der Waals surface area contributed by atoms with Gasteiger partial charge in [-0.25, -0.2) is 0 Å². The van der Waals surface area contributed by atoms with Crippen molar-refractivity contribution in [3.8, 4) is 0 Å². The van der Waals surface area contributed by atoms with E-state index >= 15 is 0 Å². The van der Waals surface area contributed by atoms with Crippen molar-refractivity contribution in [2.75, 3.05) is 7.05 Å². The van der Waals surface area contributed by atoms with Gasteiger partial charge in [0.1, 0.15) is 0 Å². The highest BCUT2D eigenvalue weighted by Crippen LogP contribution is 2.52. The molecular formula is C21H25NO. The third-order valence-corrected chi connectivity index (χ3v) is 6.34. The fourth-order valence-corrected chi connectivity index (χ4v) is 4.49. The molecule has 0 saturated heterocycles. The predicted molar refractivity (Wildman–Crippen MR) is 96.5 cm³/mol. The van der Waals surface area contributed by atoms with Gasteiger partial charge in [-0.1, -0.05) is 38.1 Å². The maximum atomic E-state index is 10.9. The fraction of sp³-hybridized carbons (Fsp3) is 0.429. The van der Waals surface area contributed by atoms with E-state index in [4.69, 9.17) is 0 Å². The Bertz CT molecular complexity index is 875. The molecule has 2 heteroatoms. The van der Waals surface area contributed by atoms with Crippen LogP contribution in [-0.4, -0.2) is 23.1 Å². The van der Waals surface area contributed by atoms with E-state index in [2.05, 4.69) is 70.8 Å². The molecule has 0 amide bonds. The van der Waals surface area contributed by atoms with Gasteiger partial charge < -0.3 is 10.0 Å². The van der Waals surface area contributed by atoms with Crippen LogP contribution in [0.4, 0.5) is 0 Å². The molecule has 2 nitrogen and oxygen atoms in total. The summed E-state index contributed by atoms with van der Waals surface area (Å²) in [5, 5.41) is 13.5. The Hall–Kier alpha value is -1.80. The van der Waals surface area contributed by atoms with Crippen molar-refractivity contribution in [2.24, 2.45) is 0 Å². The number of hydrogen-bond donors (Lipinski definition) is 1. The number of nitrogens with zero attached hydrogens (tertiary/aromatic N) is 1. The second-order valence-corrected chi connectivity index (χ2v) is 7.78. The summed E-state index contributed by atoms with van der Waals surface area (Å²) in [5.41, 5.74) is 7.69. The first-order valence-corrected chi connectivity index (χ1v) is 8.46. The minimum Gasteiger partial charge on any atom is -0.386 e. The molecule has 2 atom stereocenters. The highest BCUT2D eigenvalue weighted by atomic mass is 16.3. The minimum absolute atomic E-state index is 0.00315. The van der Waals surface area contributed by atoms with Crippen LogP contribution < -0.4 is 0 Å². The lowest BCUT2D eigenvalue weighted by Gasteiger charge is -2.46. The quantitative estimate of drug-likeness (QED) is 0.772. The van der Waals surface area contributed by atoms with Gasteiger partial charge in [0.15, 0.2) is 0 Å². The molecule has 2 aromatic rings. The summed E-state index contributed by atoms with van der Waals surface area (Å²) in [6.45, 7) is 11.2. The fourth-order valence-electron chi connectivity index (χ4n) is 4.49. The van der Waals surface area contributed by atoms with E-state index < -0.39 is 6.10 Å². The Morgan fingerprint density at radius 3 is 2.57 bits per heavy atom. The maximum Gasteiger partial charge on any atom is 0.0997 e. The minimum atomic E-state index is -0.441. The number of allylic oxidation sites excluding steroid dienone is 1. The molecule has 0 spiro atoms. The second kappa shape index (κ2) is 4.39. The second-order valence-electron chi connectivity index (χ2n) is 7.78. The molecule has 120 valence electrons. The molecule has 2 aliphatic rings. The molecule has 1 aliphatic carbocycles. The third kappa shape index (κ3) is 1.62. The zero-order valence-electron chi connectivity index (χ0n) is 14.9. The van der Waals surface area contributed by atoms with Crippen LogP contribution in [0.2, 0.25) is 0 Å². The number of rotatable bonds is 0. The van der Waals surface area contributed by atoms with E-state index in [1.54, 1.807) is 0 Å². The van der Waals surface area contributed by atoms with Crippen molar-refractivity contribution in [3.63, 3.8) is 0 Å². The largest absolute Gasteiger partial charge is 0.386 e. The molecule has 4 rings (SSSR count). The van der Waals surface area contributed by atoms with Crippen molar-refractivity contribution in [1.29, 1.82) is 0 Å². The first-order chi connectivity index (χ1) is 10.8. The SMILES string of the molecule is CC1=C2c3c(cc(C)c4cccc(c34)C1(C)C)C(O)C(C)N2C. The van der Waals surface area contributed by atoms with Crippen molar-refractivity contribution in [3.05, 3.63) is 52.1 Å². The molecule has 2 unspecified atom stereocenters. The van der Waals surface area contributed by atoms with Gasteiger partial charge in [0.05, 0.1) is 12.1 Å². The summed E-state index contributed by atoms with van der Waals surface area (Å²) >= 11 is 0. The topological polar surface area (TPSA) is 23.5 Å². The van der Waals surface area contributed by atoms with Gasteiger partial charge >= 0.3 is 0 Å². The van der Waals surface area contributed by atoms with Crippen LogP contribution in [0.1, 0.15) is 56.1 Å². The first kappa shape index (κ1) is 14.8. The molecule has 23 heavy (non-hydrogen) atoms. The monoisotopic (exact) mass is 307 g/mol. The molecule has 0 radical (unpaired) electrons. The van der Waals surface area contributed by atoms with Crippen LogP contribution in [-0.2, 0) is 5.41 Å². The molecule has 0 saturated carbocycles. The van der Waals surface area contributed by atoms with E-state index in [9.17, 15) is 5.11 Å². The standard InChI is InChI=1S/C21H25NO/c1-11-10-15-18-17-14(11)8-7-9-16(17)21(4,5)12(2)19(18)22(6)13(3)20(15)23/h7-10,13,20,23H,1-6H3. The summed E-state index contributed by atoms with van der Waals surface area (Å²) in [5.74, 6) is 0. The molecule has 1 heterocycles. The Kier molecular flexibility index (Phi) is 2.82. The average molecular weight is 307 g/mol. The zero-order chi connectivity index (χ0) is 16.7. The highest BCUT2D eigenvalue weighted by molar-refractivity contribution is 6.03. The number of aliphatic hydroxyl groups is 1. The van der Waals surface area contributed by atoms with Gasteiger partial charge in [0, 0.05) is 23.7 Å². The smallest absolute Gasteiger partial charge is 0.0997 e. The van der Waals surface area contributed by atoms with Crippen LogP contribution >= 0.6 is 0 Å². The van der Waals surface area contributed by atoms with E-state index in [1.165, 1.54) is 38.7 Å². The van der Waals surface area contributed by atoms with Crippen LogP contribution in [0.15, 0.2) is 29.8 Å². The molecular weight excluding hydrogens is 282 g/mol. The van der Waals surface area contributed by atoms with Crippen LogP contribution in [0.3, 0.4) is 0 Å². The molecule has 1 N–H and O–H groups in total. The van der Waals surface area contributed by atoms with Crippen molar-refractivity contribution >= 4 is 16.5 Å². The summed E-state index contributed by atoms with van der Waals surface area (Å²) in [6, 6.07) is 8.93. The molecule has 0 bridgehead atoms. The van der Waals surface area contributed by atoms with Gasteiger partial charge in [0.25, 0.3) is 0 Å². The third-order valence-electron chi connectivity index (χ3n) is 6.34. The lowest BCUT2D eigenvalue weighted by Crippen LogP contribution is -2.41. The Morgan fingerprint density at radius 2 is 1.87 bits per heavy atom. The van der Waals surface area contributed by atoms with Gasteiger partial charge in [-0.2, -0.15) is 0 Å². The van der Waals surface area contributed by atoms with E-state index in [1.807, 2.05) is 0 Å². The number of aryl methyl sites for hydroxylation is 1. The summed E-state index contributed by atoms with van der Waals surface area (Å²) in [7, 11) is 2.12. The Morgan fingerprint density at radius 1 is 1.17 bits per heavy atom. The summed E-state index contributed by atoms with van der Waals surface area (Å²) < 4.78 is 0. The van der Waals surface area contributed by atoms with E-state index in [-0.39, 0.29) is 11.5 Å². The molecule has 0 fully saturated rings. The maximum absolute atomic E-state index is 10.9. The summed E-state index contributed by atoms with van der Waals surface area (Å²) in [4.78, 5) is 2.27. The van der Waals surface area contributed by atoms with E-state index in [0.29, 0.717) is 0 Å². The highest BCUT2D eigenvalue weighted by Gasteiger charge is 2.41. The van der Waals surface area contributed by atoms with Crippen LogP contribution in [0, 0.1) is 6.92 Å². The number of benzene rings is 2. The van der Waals surface area contributed by atoms with Crippen LogP contribution in [0.25, 0.3) is 16.5 Å². The molecule has 0 aromatic heterocycles. The molecule has 2 aromatic carbocycles. The lowest BCUT2D eigenvalue weighted by atomic mass is 9.67. The average Bonchev–Trinajstić information content (AvgIpc) is 2.52.